The monoisotopic (exact) mass is 584 g/mol. The van der Waals surface area contributed by atoms with Gasteiger partial charge in [-0.3, -0.25) is 4.79 Å². The van der Waals surface area contributed by atoms with Crippen LogP contribution in [0.15, 0.2) is 18.2 Å². The number of aliphatic carboxylic acids is 3. The zero-order chi connectivity index (χ0) is 30.3. The van der Waals surface area contributed by atoms with Gasteiger partial charge in [0, 0.05) is 17.3 Å². The number of anilines is 1. The lowest BCUT2D eigenvalue weighted by molar-refractivity contribution is -0.193. The van der Waals surface area contributed by atoms with Crippen LogP contribution >= 0.6 is 0 Å². The average molecular weight is 584 g/mol. The van der Waals surface area contributed by atoms with Crippen LogP contribution in [-0.2, 0) is 14.4 Å². The number of alkyl halides is 6. The first kappa shape index (κ1) is 32.3. The number of halogens is 6. The Morgan fingerprint density at radius 3 is 2.05 bits per heavy atom. The van der Waals surface area contributed by atoms with Crippen molar-refractivity contribution in [3.8, 4) is 11.4 Å². The summed E-state index contributed by atoms with van der Waals surface area (Å²) < 4.78 is 63.5. The van der Waals surface area contributed by atoms with Crippen LogP contribution in [0.1, 0.15) is 31.2 Å². The van der Waals surface area contributed by atoms with Crippen molar-refractivity contribution in [1.29, 1.82) is 0 Å². The Labute approximate surface area is 222 Å². The molecule has 4 rings (SSSR count). The van der Waals surface area contributed by atoms with E-state index in [0.29, 0.717) is 30.1 Å². The highest BCUT2D eigenvalue weighted by Gasteiger charge is 2.39. The van der Waals surface area contributed by atoms with Crippen molar-refractivity contribution in [2.75, 3.05) is 11.9 Å². The van der Waals surface area contributed by atoms with E-state index in [-0.39, 0.29) is 0 Å². The Bertz CT molecular complexity index is 1140. The first-order chi connectivity index (χ1) is 18.5. The summed E-state index contributed by atoms with van der Waals surface area (Å²) in [4.78, 5) is 29.1. The number of piperidine rings is 1. The number of nitrogens with one attached hydrogen (secondary N) is 3. The number of carboxylic acid groups (broad SMARTS) is 3. The lowest BCUT2D eigenvalue weighted by atomic mass is 9.72. The number of benzene rings is 1. The molecule has 1 aliphatic carbocycles. The summed E-state index contributed by atoms with van der Waals surface area (Å²) >= 11 is 0. The summed E-state index contributed by atoms with van der Waals surface area (Å²) in [6, 6.07) is 6.03. The summed E-state index contributed by atoms with van der Waals surface area (Å²) in [5.74, 6) is -4.64. The molecule has 0 unspecified atom stereocenters. The fourth-order valence-electron chi connectivity index (χ4n) is 4.46. The van der Waals surface area contributed by atoms with Crippen LogP contribution in [0.3, 0.4) is 0 Å². The summed E-state index contributed by atoms with van der Waals surface area (Å²) in [5, 5.41) is 44.9. The van der Waals surface area contributed by atoms with Crippen molar-refractivity contribution in [2.45, 2.75) is 57.0 Å². The maximum atomic E-state index is 11.3. The molecule has 1 aliphatic heterocycles. The van der Waals surface area contributed by atoms with E-state index in [2.05, 4.69) is 31.3 Å². The van der Waals surface area contributed by atoms with Gasteiger partial charge in [0.15, 0.2) is 0 Å². The average Bonchev–Trinajstić information content (AvgIpc) is 3.37. The maximum absolute atomic E-state index is 11.3. The number of carboxylic acids is 3. The number of aryl methyl sites for hydroxylation is 1. The van der Waals surface area contributed by atoms with Gasteiger partial charge in [-0.05, 0) is 67.8 Å². The number of H-pyrrole nitrogens is 1. The van der Waals surface area contributed by atoms with Gasteiger partial charge in [-0.15, -0.1) is 10.2 Å². The summed E-state index contributed by atoms with van der Waals surface area (Å²) in [7, 11) is 0. The number of aromatic nitrogens is 4. The summed E-state index contributed by atoms with van der Waals surface area (Å²) in [5.41, 5.74) is 3.08. The SMILES string of the molecule is Cc1cccc(N[C@H]2CC[C@H]3CN[C@H](C(=O)O)C[C@H]3C2)c1-c1nn[nH]n1.O=C(O)C(F)(F)F.O=C(O)C(F)(F)F. The minimum atomic E-state index is -5.08. The molecule has 12 nitrogen and oxygen atoms in total. The molecule has 4 atom stereocenters. The third-order valence-electron chi connectivity index (χ3n) is 6.29. The van der Waals surface area contributed by atoms with Crippen LogP contribution in [0.4, 0.5) is 32.0 Å². The van der Waals surface area contributed by atoms with Crippen LogP contribution in [0, 0.1) is 18.8 Å². The zero-order valence-electron chi connectivity index (χ0n) is 20.8. The molecule has 1 aromatic heterocycles. The van der Waals surface area contributed by atoms with Gasteiger partial charge in [0.2, 0.25) is 5.82 Å². The molecule has 0 amide bonds. The van der Waals surface area contributed by atoms with Crippen molar-refractivity contribution >= 4 is 23.6 Å². The molecule has 0 spiro atoms. The largest absolute Gasteiger partial charge is 0.490 e. The molecule has 1 saturated carbocycles. The van der Waals surface area contributed by atoms with Crippen LogP contribution < -0.4 is 10.6 Å². The Morgan fingerprint density at radius 1 is 0.950 bits per heavy atom. The van der Waals surface area contributed by atoms with Gasteiger partial charge in [0.05, 0.1) is 0 Å². The van der Waals surface area contributed by atoms with Crippen LogP contribution in [-0.4, -0.2) is 84.8 Å². The zero-order valence-corrected chi connectivity index (χ0v) is 20.8. The third-order valence-corrected chi connectivity index (χ3v) is 6.29. The Kier molecular flexibility index (Phi) is 10.8. The van der Waals surface area contributed by atoms with Crippen molar-refractivity contribution in [2.24, 2.45) is 11.8 Å². The van der Waals surface area contributed by atoms with E-state index in [4.69, 9.17) is 19.8 Å². The van der Waals surface area contributed by atoms with Gasteiger partial charge in [-0.1, -0.05) is 12.1 Å². The predicted molar refractivity (Wildman–Crippen MR) is 124 cm³/mol. The number of aromatic amines is 1. The van der Waals surface area contributed by atoms with Crippen molar-refractivity contribution in [1.82, 2.24) is 25.9 Å². The van der Waals surface area contributed by atoms with Crippen molar-refractivity contribution < 1.29 is 56.0 Å². The molecule has 1 saturated heterocycles. The van der Waals surface area contributed by atoms with E-state index < -0.39 is 36.3 Å². The van der Waals surface area contributed by atoms with Gasteiger partial charge in [0.1, 0.15) is 6.04 Å². The Hall–Kier alpha value is -3.96. The second kappa shape index (κ2) is 13.4. The highest BCUT2D eigenvalue weighted by molar-refractivity contribution is 5.76. The first-order valence-corrected chi connectivity index (χ1v) is 11.7. The number of rotatable bonds is 4. The number of nitrogens with zero attached hydrogens (tertiary/aromatic N) is 3. The third kappa shape index (κ3) is 9.35. The molecular formula is C22H26F6N6O6. The molecule has 222 valence electrons. The van der Waals surface area contributed by atoms with Gasteiger partial charge in [-0.2, -0.15) is 31.6 Å². The predicted octanol–water partition coefficient (Wildman–Crippen LogP) is 3.09. The van der Waals surface area contributed by atoms with Crippen molar-refractivity contribution in [3.63, 3.8) is 0 Å². The molecule has 2 aliphatic rings. The first-order valence-electron chi connectivity index (χ1n) is 11.7. The summed E-state index contributed by atoms with van der Waals surface area (Å²) in [6.07, 6.45) is -6.26. The van der Waals surface area contributed by atoms with Gasteiger partial charge < -0.3 is 26.0 Å². The van der Waals surface area contributed by atoms with Crippen LogP contribution in [0.5, 0.6) is 0 Å². The quantitative estimate of drug-likeness (QED) is 0.290. The highest BCUT2D eigenvalue weighted by atomic mass is 19.4. The molecule has 0 radical (unpaired) electrons. The lowest BCUT2D eigenvalue weighted by Crippen LogP contribution is -2.50. The fourth-order valence-corrected chi connectivity index (χ4v) is 4.46. The van der Waals surface area contributed by atoms with E-state index in [0.717, 1.165) is 42.6 Å². The lowest BCUT2D eigenvalue weighted by Gasteiger charge is -2.42. The minimum Gasteiger partial charge on any atom is -0.480 e. The molecule has 0 bridgehead atoms. The second-order valence-electron chi connectivity index (χ2n) is 9.05. The topological polar surface area (TPSA) is 190 Å². The smallest absolute Gasteiger partial charge is 0.480 e. The molecule has 2 fully saturated rings. The molecule has 40 heavy (non-hydrogen) atoms. The molecular weight excluding hydrogens is 558 g/mol. The van der Waals surface area contributed by atoms with E-state index in [9.17, 15) is 36.2 Å². The fraction of sp³-hybridized carbons (Fsp3) is 0.545. The minimum absolute atomic E-state index is 0.330. The van der Waals surface area contributed by atoms with E-state index >= 15 is 0 Å². The van der Waals surface area contributed by atoms with Crippen LogP contribution in [0.2, 0.25) is 0 Å². The standard InChI is InChI=1S/C18H24N6O2.2C2HF3O2/c1-10-3-2-4-14(16(10)17-21-23-24-22-17)20-13-6-5-11-9-19-15(18(25)26)8-12(11)7-13;2*3-2(4,5)1(6)7/h2-4,11-13,15,19-20H,5-9H2,1H3,(H,25,26)(H,21,22,23,24);2*(H,6,7)/t11-,12+,13-,15-;;/m0../s1. The van der Waals surface area contributed by atoms with Crippen LogP contribution in [0.25, 0.3) is 11.4 Å². The molecule has 1 aromatic carbocycles. The molecule has 6 N–H and O–H groups in total. The molecule has 2 heterocycles. The van der Waals surface area contributed by atoms with Gasteiger partial charge in [-0.25, -0.2) is 9.59 Å². The van der Waals surface area contributed by atoms with E-state index in [1.165, 1.54) is 0 Å². The van der Waals surface area contributed by atoms with Gasteiger partial charge >= 0.3 is 30.3 Å². The second-order valence-corrected chi connectivity index (χ2v) is 9.05. The summed E-state index contributed by atoms with van der Waals surface area (Å²) in [6.45, 7) is 2.85. The normalized spacial score (nSPS) is 22.4. The van der Waals surface area contributed by atoms with E-state index in [1.807, 2.05) is 25.1 Å². The number of fused-ring (bicyclic) bond motifs is 1. The number of carbonyl (C=O) groups is 3. The molecule has 18 heteroatoms. The Balaban J connectivity index is 0.000000333. The number of hydrogen-bond donors (Lipinski definition) is 6. The van der Waals surface area contributed by atoms with Gasteiger partial charge in [0.25, 0.3) is 0 Å². The number of tetrazole rings is 1. The highest BCUT2D eigenvalue weighted by Crippen LogP contribution is 2.38. The Morgan fingerprint density at radius 2 is 1.55 bits per heavy atom. The maximum Gasteiger partial charge on any atom is 0.490 e. The number of hydrogen-bond acceptors (Lipinski definition) is 8. The van der Waals surface area contributed by atoms with E-state index in [1.54, 1.807) is 0 Å². The van der Waals surface area contributed by atoms with Crippen molar-refractivity contribution in [3.05, 3.63) is 23.8 Å². The molecule has 2 aromatic rings.